The molecule has 0 amide bonds. The molecule has 1 heterocycles. The molecule has 1 aliphatic heterocycles. The molecular weight excluding hydrogens is 164 g/mol. The fourth-order valence-corrected chi connectivity index (χ4v) is 1.32. The monoisotopic (exact) mass is 176 g/mol. The van der Waals surface area contributed by atoms with Gasteiger partial charge < -0.3 is 16.4 Å². The van der Waals surface area contributed by atoms with E-state index in [0.717, 1.165) is 5.69 Å². The summed E-state index contributed by atoms with van der Waals surface area (Å²) in [5.74, 6) is 0. The van der Waals surface area contributed by atoms with Crippen LogP contribution in [0.4, 0.5) is 5.69 Å². The molecule has 0 fully saturated rings. The summed E-state index contributed by atoms with van der Waals surface area (Å²) in [5, 5.41) is 0. The van der Waals surface area contributed by atoms with Crippen molar-refractivity contribution in [1.82, 2.24) is 0 Å². The van der Waals surface area contributed by atoms with Crippen molar-refractivity contribution in [1.29, 1.82) is 0 Å². The van der Waals surface area contributed by atoms with Crippen molar-refractivity contribution in [2.75, 3.05) is 4.90 Å². The maximum Gasteiger partial charge on any atom is 0.133 e. The van der Waals surface area contributed by atoms with E-state index in [1.54, 1.807) is 6.34 Å². The zero-order chi connectivity index (χ0) is 9.26. The van der Waals surface area contributed by atoms with E-state index in [9.17, 15) is 0 Å². The molecule has 0 saturated carbocycles. The highest BCUT2D eigenvalue weighted by Crippen LogP contribution is 2.17. The first-order valence-electron chi connectivity index (χ1n) is 4.17. The van der Waals surface area contributed by atoms with Crippen LogP contribution in [-0.2, 0) is 0 Å². The Labute approximate surface area is 76.9 Å². The van der Waals surface area contributed by atoms with Gasteiger partial charge in [-0.3, -0.25) is 4.99 Å². The van der Waals surface area contributed by atoms with Crippen molar-refractivity contribution in [2.24, 2.45) is 16.5 Å². The fourth-order valence-electron chi connectivity index (χ4n) is 1.32. The molecule has 2 atom stereocenters. The number of benzene rings is 1. The molecule has 0 aliphatic carbocycles. The quantitative estimate of drug-likeness (QED) is 0.638. The van der Waals surface area contributed by atoms with E-state index in [1.165, 1.54) is 0 Å². The van der Waals surface area contributed by atoms with Gasteiger partial charge in [-0.05, 0) is 12.1 Å². The highest BCUT2D eigenvalue weighted by Gasteiger charge is 2.24. The third kappa shape index (κ3) is 1.41. The van der Waals surface area contributed by atoms with Crippen LogP contribution in [0.25, 0.3) is 0 Å². The standard InChI is InChI=1S/C9H12N4/c10-8-9(11)13(6-12-8)7-4-2-1-3-5-7/h1-6,8-9H,10-11H2. The van der Waals surface area contributed by atoms with Crippen molar-refractivity contribution >= 4 is 12.0 Å². The van der Waals surface area contributed by atoms with E-state index >= 15 is 0 Å². The number of aliphatic imine (C=N–C) groups is 1. The molecule has 1 aromatic carbocycles. The zero-order valence-corrected chi connectivity index (χ0v) is 7.17. The summed E-state index contributed by atoms with van der Waals surface area (Å²) in [6.45, 7) is 0. The maximum atomic E-state index is 5.83. The SMILES string of the molecule is NC1N=CN(c2ccccc2)C1N. The topological polar surface area (TPSA) is 67.6 Å². The van der Waals surface area contributed by atoms with Crippen LogP contribution in [0.5, 0.6) is 0 Å². The Balaban J connectivity index is 2.24. The van der Waals surface area contributed by atoms with E-state index in [-0.39, 0.29) is 12.3 Å². The van der Waals surface area contributed by atoms with Gasteiger partial charge in [0.05, 0.1) is 6.34 Å². The lowest BCUT2D eigenvalue weighted by atomic mass is 10.3. The minimum atomic E-state index is -0.319. The van der Waals surface area contributed by atoms with Gasteiger partial charge in [-0.2, -0.15) is 0 Å². The smallest absolute Gasteiger partial charge is 0.133 e. The Bertz CT molecular complexity index is 309. The molecule has 4 N–H and O–H groups in total. The summed E-state index contributed by atoms with van der Waals surface area (Å²) in [4.78, 5) is 5.89. The van der Waals surface area contributed by atoms with Crippen LogP contribution < -0.4 is 16.4 Å². The molecule has 0 spiro atoms. The molecule has 2 unspecified atom stereocenters. The van der Waals surface area contributed by atoms with Gasteiger partial charge in [0, 0.05) is 5.69 Å². The number of anilines is 1. The van der Waals surface area contributed by atoms with Crippen molar-refractivity contribution in [2.45, 2.75) is 12.3 Å². The van der Waals surface area contributed by atoms with Crippen LogP contribution in [0.3, 0.4) is 0 Å². The second-order valence-electron chi connectivity index (χ2n) is 2.99. The molecule has 13 heavy (non-hydrogen) atoms. The van der Waals surface area contributed by atoms with E-state index in [1.807, 2.05) is 35.2 Å². The van der Waals surface area contributed by atoms with Gasteiger partial charge in [0.25, 0.3) is 0 Å². The van der Waals surface area contributed by atoms with E-state index in [4.69, 9.17) is 11.5 Å². The number of nitrogens with zero attached hydrogens (tertiary/aromatic N) is 2. The molecule has 0 bridgehead atoms. The number of hydrogen-bond donors (Lipinski definition) is 2. The number of nitrogens with two attached hydrogens (primary N) is 2. The Morgan fingerprint density at radius 2 is 1.85 bits per heavy atom. The average molecular weight is 176 g/mol. The second kappa shape index (κ2) is 3.16. The predicted molar refractivity (Wildman–Crippen MR) is 53.4 cm³/mol. The highest BCUT2D eigenvalue weighted by molar-refractivity contribution is 5.82. The second-order valence-corrected chi connectivity index (χ2v) is 2.99. The van der Waals surface area contributed by atoms with Crippen molar-refractivity contribution in [3.05, 3.63) is 30.3 Å². The third-order valence-electron chi connectivity index (χ3n) is 2.09. The summed E-state index contributed by atoms with van der Waals surface area (Å²) >= 11 is 0. The van der Waals surface area contributed by atoms with Gasteiger partial charge in [0.1, 0.15) is 12.3 Å². The minimum Gasteiger partial charge on any atom is -0.313 e. The van der Waals surface area contributed by atoms with E-state index < -0.39 is 0 Å². The third-order valence-corrected chi connectivity index (χ3v) is 2.09. The largest absolute Gasteiger partial charge is 0.313 e. The molecular formula is C9H12N4. The lowest BCUT2D eigenvalue weighted by Gasteiger charge is -2.22. The van der Waals surface area contributed by atoms with Crippen molar-refractivity contribution in [3.8, 4) is 0 Å². The van der Waals surface area contributed by atoms with Crippen LogP contribution in [0.15, 0.2) is 35.3 Å². The van der Waals surface area contributed by atoms with Gasteiger partial charge in [-0.25, -0.2) is 0 Å². The summed E-state index contributed by atoms with van der Waals surface area (Å²) in [6, 6.07) is 9.83. The molecule has 68 valence electrons. The van der Waals surface area contributed by atoms with Gasteiger partial charge in [0.15, 0.2) is 0 Å². The molecule has 0 aromatic heterocycles. The minimum absolute atomic E-state index is 0.248. The van der Waals surface area contributed by atoms with Gasteiger partial charge in [-0.1, -0.05) is 18.2 Å². The van der Waals surface area contributed by atoms with Gasteiger partial charge >= 0.3 is 0 Å². The Morgan fingerprint density at radius 1 is 1.15 bits per heavy atom. The Hall–Kier alpha value is -1.39. The fraction of sp³-hybridized carbons (Fsp3) is 0.222. The lowest BCUT2D eigenvalue weighted by Crippen LogP contribution is -2.47. The van der Waals surface area contributed by atoms with Crippen LogP contribution in [0.1, 0.15) is 0 Å². The summed E-state index contributed by atoms with van der Waals surface area (Å²) in [7, 11) is 0. The number of rotatable bonds is 1. The molecule has 2 rings (SSSR count). The first-order chi connectivity index (χ1) is 6.29. The first kappa shape index (κ1) is 8.22. The highest BCUT2D eigenvalue weighted by atomic mass is 15.3. The maximum absolute atomic E-state index is 5.83. The summed E-state index contributed by atoms with van der Waals surface area (Å²) in [5.41, 5.74) is 12.5. The predicted octanol–water partition coefficient (Wildman–Crippen LogP) is 0.104. The molecule has 0 saturated heterocycles. The Morgan fingerprint density at radius 3 is 2.38 bits per heavy atom. The van der Waals surface area contributed by atoms with E-state index in [2.05, 4.69) is 4.99 Å². The lowest BCUT2D eigenvalue weighted by molar-refractivity contribution is 0.593. The molecule has 4 nitrogen and oxygen atoms in total. The van der Waals surface area contributed by atoms with Crippen LogP contribution >= 0.6 is 0 Å². The molecule has 0 radical (unpaired) electrons. The number of para-hydroxylation sites is 1. The summed E-state index contributed by atoms with van der Waals surface area (Å²) < 4.78 is 0. The van der Waals surface area contributed by atoms with Crippen LogP contribution in [0, 0.1) is 0 Å². The molecule has 1 aliphatic rings. The molecule has 1 aromatic rings. The first-order valence-corrected chi connectivity index (χ1v) is 4.17. The molecule has 4 heteroatoms. The number of hydrogen-bond acceptors (Lipinski definition) is 4. The Kier molecular flexibility index (Phi) is 2.00. The van der Waals surface area contributed by atoms with E-state index in [0.29, 0.717) is 0 Å². The summed E-state index contributed by atoms with van der Waals surface area (Å²) in [6.07, 6.45) is 1.12. The average Bonchev–Trinajstić information content (AvgIpc) is 2.49. The van der Waals surface area contributed by atoms with Crippen molar-refractivity contribution in [3.63, 3.8) is 0 Å². The normalized spacial score (nSPS) is 26.8. The van der Waals surface area contributed by atoms with Gasteiger partial charge in [0.2, 0.25) is 0 Å². The van der Waals surface area contributed by atoms with Gasteiger partial charge in [-0.15, -0.1) is 0 Å². The van der Waals surface area contributed by atoms with Crippen LogP contribution in [0.2, 0.25) is 0 Å². The van der Waals surface area contributed by atoms with Crippen LogP contribution in [-0.4, -0.2) is 18.7 Å². The zero-order valence-electron chi connectivity index (χ0n) is 7.17. The van der Waals surface area contributed by atoms with Crippen molar-refractivity contribution < 1.29 is 0 Å².